The third-order valence-electron chi connectivity index (χ3n) is 5.07. The number of hydrogen-bond acceptors (Lipinski definition) is 4. The Morgan fingerprint density at radius 2 is 1.68 bits per heavy atom. The second-order valence-corrected chi connectivity index (χ2v) is 7.37. The SMILES string of the molecule is CC1(C)OB(c2ccc(C3COCCO3)c(C(F)(F)F)c2)OC1(C)C. The summed E-state index contributed by atoms with van der Waals surface area (Å²) >= 11 is 0. The number of halogens is 3. The number of ether oxygens (including phenoxy) is 2. The molecule has 1 atom stereocenters. The molecular weight excluding hydrogens is 336 g/mol. The Labute approximate surface area is 145 Å². The summed E-state index contributed by atoms with van der Waals surface area (Å²) in [4.78, 5) is 0. The smallest absolute Gasteiger partial charge is 0.399 e. The van der Waals surface area contributed by atoms with Crippen LogP contribution in [0.4, 0.5) is 13.2 Å². The molecule has 0 spiro atoms. The molecule has 2 aliphatic heterocycles. The minimum atomic E-state index is -4.50. The zero-order valence-electron chi connectivity index (χ0n) is 14.8. The third kappa shape index (κ3) is 3.58. The molecule has 0 radical (unpaired) electrons. The molecule has 2 aliphatic rings. The molecule has 3 rings (SSSR count). The van der Waals surface area contributed by atoms with Crippen LogP contribution in [0.15, 0.2) is 18.2 Å². The molecule has 0 N–H and O–H groups in total. The van der Waals surface area contributed by atoms with Crippen LogP contribution < -0.4 is 5.46 Å². The fourth-order valence-corrected chi connectivity index (χ4v) is 2.89. The van der Waals surface area contributed by atoms with Crippen LogP contribution in [-0.2, 0) is 25.0 Å². The van der Waals surface area contributed by atoms with E-state index in [1.54, 1.807) is 6.07 Å². The lowest BCUT2D eigenvalue weighted by Gasteiger charge is -2.32. The summed E-state index contributed by atoms with van der Waals surface area (Å²) in [5.74, 6) is 0. The Bertz CT molecular complexity index is 623. The summed E-state index contributed by atoms with van der Waals surface area (Å²) in [7, 11) is -0.844. The molecule has 0 bridgehead atoms. The van der Waals surface area contributed by atoms with Gasteiger partial charge in [0.1, 0.15) is 6.10 Å². The molecule has 0 amide bonds. The predicted octanol–water partition coefficient (Wildman–Crippen LogP) is 3.09. The standard InChI is InChI=1S/C17H22BF3O4/c1-15(2)16(3,4)25-18(24-15)11-5-6-12(13(9-11)17(19,20)21)14-10-22-7-8-23-14/h5-6,9,14H,7-8,10H2,1-4H3. The molecule has 25 heavy (non-hydrogen) atoms. The van der Waals surface area contributed by atoms with Gasteiger partial charge in [0.05, 0.1) is 36.6 Å². The Kier molecular flexibility index (Phi) is 4.69. The lowest BCUT2D eigenvalue weighted by Crippen LogP contribution is -2.41. The van der Waals surface area contributed by atoms with E-state index in [1.165, 1.54) is 6.07 Å². The maximum absolute atomic E-state index is 13.6. The van der Waals surface area contributed by atoms with Crippen molar-refractivity contribution in [2.24, 2.45) is 0 Å². The molecule has 4 nitrogen and oxygen atoms in total. The summed E-state index contributed by atoms with van der Waals surface area (Å²) in [5, 5.41) is 0. The van der Waals surface area contributed by atoms with Crippen LogP contribution in [0.5, 0.6) is 0 Å². The third-order valence-corrected chi connectivity index (χ3v) is 5.07. The van der Waals surface area contributed by atoms with E-state index >= 15 is 0 Å². The van der Waals surface area contributed by atoms with Gasteiger partial charge in [-0.15, -0.1) is 0 Å². The Hall–Kier alpha value is -1.09. The molecule has 138 valence electrons. The highest BCUT2D eigenvalue weighted by Gasteiger charge is 2.52. The minimum absolute atomic E-state index is 0.0764. The van der Waals surface area contributed by atoms with E-state index in [4.69, 9.17) is 18.8 Å². The Balaban J connectivity index is 1.95. The fourth-order valence-electron chi connectivity index (χ4n) is 2.89. The average Bonchev–Trinajstić information content (AvgIpc) is 2.75. The lowest BCUT2D eigenvalue weighted by molar-refractivity contribution is -0.142. The fraction of sp³-hybridized carbons (Fsp3) is 0.647. The van der Waals surface area contributed by atoms with Gasteiger partial charge < -0.3 is 18.8 Å². The van der Waals surface area contributed by atoms with Gasteiger partial charge in [-0.2, -0.15) is 13.2 Å². The number of benzene rings is 1. The Morgan fingerprint density at radius 3 is 2.20 bits per heavy atom. The van der Waals surface area contributed by atoms with Crippen molar-refractivity contribution in [3.63, 3.8) is 0 Å². The van der Waals surface area contributed by atoms with Gasteiger partial charge >= 0.3 is 13.3 Å². The average molecular weight is 358 g/mol. The van der Waals surface area contributed by atoms with Crippen LogP contribution in [-0.4, -0.2) is 38.1 Å². The van der Waals surface area contributed by atoms with E-state index in [0.717, 1.165) is 6.07 Å². The summed E-state index contributed by atoms with van der Waals surface area (Å²) in [6, 6.07) is 4.13. The first-order chi connectivity index (χ1) is 11.5. The van der Waals surface area contributed by atoms with Gasteiger partial charge in [0.15, 0.2) is 0 Å². The van der Waals surface area contributed by atoms with E-state index in [0.29, 0.717) is 12.1 Å². The van der Waals surface area contributed by atoms with E-state index in [2.05, 4.69) is 0 Å². The molecule has 0 aromatic heterocycles. The topological polar surface area (TPSA) is 36.9 Å². The molecular formula is C17H22BF3O4. The van der Waals surface area contributed by atoms with Crippen LogP contribution in [0.3, 0.4) is 0 Å². The van der Waals surface area contributed by atoms with E-state index in [1.807, 2.05) is 27.7 Å². The summed E-state index contributed by atoms with van der Waals surface area (Å²) in [6.07, 6.45) is -5.23. The monoisotopic (exact) mass is 358 g/mol. The van der Waals surface area contributed by atoms with Crippen molar-refractivity contribution < 1.29 is 32.0 Å². The van der Waals surface area contributed by atoms with Crippen molar-refractivity contribution in [3.05, 3.63) is 29.3 Å². The number of rotatable bonds is 2. The van der Waals surface area contributed by atoms with Gasteiger partial charge in [-0.1, -0.05) is 12.1 Å². The highest BCUT2D eigenvalue weighted by molar-refractivity contribution is 6.62. The van der Waals surface area contributed by atoms with Crippen LogP contribution in [0.1, 0.15) is 44.9 Å². The largest absolute Gasteiger partial charge is 0.494 e. The van der Waals surface area contributed by atoms with Crippen molar-refractivity contribution in [2.75, 3.05) is 19.8 Å². The van der Waals surface area contributed by atoms with Crippen molar-refractivity contribution in [1.29, 1.82) is 0 Å². The molecule has 0 aliphatic carbocycles. The maximum Gasteiger partial charge on any atom is 0.494 e. The molecule has 1 aromatic rings. The van der Waals surface area contributed by atoms with Gasteiger partial charge in [-0.3, -0.25) is 0 Å². The van der Waals surface area contributed by atoms with Crippen molar-refractivity contribution in [2.45, 2.75) is 51.2 Å². The van der Waals surface area contributed by atoms with Crippen molar-refractivity contribution >= 4 is 12.6 Å². The summed E-state index contributed by atoms with van der Waals surface area (Å²) < 4.78 is 63.2. The highest BCUT2D eigenvalue weighted by atomic mass is 19.4. The molecule has 1 unspecified atom stereocenters. The Morgan fingerprint density at radius 1 is 1.04 bits per heavy atom. The first kappa shape index (κ1) is 18.7. The van der Waals surface area contributed by atoms with Crippen LogP contribution in [0.2, 0.25) is 0 Å². The first-order valence-corrected chi connectivity index (χ1v) is 8.27. The van der Waals surface area contributed by atoms with Gasteiger partial charge in [0.25, 0.3) is 0 Å². The van der Waals surface area contributed by atoms with Gasteiger partial charge in [0, 0.05) is 0 Å². The van der Waals surface area contributed by atoms with Crippen LogP contribution in [0, 0.1) is 0 Å². The van der Waals surface area contributed by atoms with E-state index in [-0.39, 0.29) is 18.8 Å². The van der Waals surface area contributed by atoms with Gasteiger partial charge in [-0.25, -0.2) is 0 Å². The molecule has 2 fully saturated rings. The van der Waals surface area contributed by atoms with Crippen LogP contribution in [0.25, 0.3) is 0 Å². The summed E-state index contributed by atoms with van der Waals surface area (Å²) in [5.41, 5.74) is -1.56. The zero-order chi connectivity index (χ0) is 18.5. The molecule has 1 aromatic carbocycles. The van der Waals surface area contributed by atoms with E-state index in [9.17, 15) is 13.2 Å². The van der Waals surface area contributed by atoms with Crippen molar-refractivity contribution in [1.82, 2.24) is 0 Å². The second kappa shape index (κ2) is 6.26. The van der Waals surface area contributed by atoms with Gasteiger partial charge in [0.2, 0.25) is 0 Å². The van der Waals surface area contributed by atoms with Crippen LogP contribution >= 0.6 is 0 Å². The molecule has 2 saturated heterocycles. The summed E-state index contributed by atoms with van der Waals surface area (Å²) in [6.45, 7) is 8.22. The minimum Gasteiger partial charge on any atom is -0.399 e. The zero-order valence-corrected chi connectivity index (χ0v) is 14.8. The van der Waals surface area contributed by atoms with Crippen molar-refractivity contribution in [3.8, 4) is 0 Å². The molecule has 0 saturated carbocycles. The predicted molar refractivity (Wildman–Crippen MR) is 86.7 cm³/mol. The molecule has 2 heterocycles. The molecule has 8 heteroatoms. The maximum atomic E-state index is 13.6. The highest BCUT2D eigenvalue weighted by Crippen LogP contribution is 2.39. The quantitative estimate of drug-likeness (QED) is 0.762. The number of hydrogen-bond donors (Lipinski definition) is 0. The van der Waals surface area contributed by atoms with E-state index < -0.39 is 36.2 Å². The van der Waals surface area contributed by atoms with Gasteiger partial charge in [-0.05, 0) is 44.8 Å². The first-order valence-electron chi connectivity index (χ1n) is 8.27. The lowest BCUT2D eigenvalue weighted by atomic mass is 9.77. The second-order valence-electron chi connectivity index (χ2n) is 7.37. The normalized spacial score (nSPS) is 26.0. The number of alkyl halides is 3.